The number of thioether (sulfide) groups is 1. The monoisotopic (exact) mass is 498 g/mol. The highest BCUT2D eigenvalue weighted by Gasteiger charge is 2.24. The van der Waals surface area contributed by atoms with Crippen LogP contribution in [-0.2, 0) is 11.4 Å². The number of amidine groups is 1. The molecular weight excluding hydrogens is 479 g/mol. The van der Waals surface area contributed by atoms with Crippen LogP contribution in [0.3, 0.4) is 0 Å². The minimum Gasteiger partial charge on any atom is -0.494 e. The molecule has 0 aromatic heterocycles. The number of nitrogens with one attached hydrogen (secondary N) is 1. The summed E-state index contributed by atoms with van der Waals surface area (Å²) in [5, 5.41) is 4.02. The Labute approximate surface area is 206 Å². The molecule has 1 heterocycles. The second kappa shape index (κ2) is 10.8. The SMILES string of the molecule is CCOc1ccc(N=C2NC(=O)/C(=C\c3cc(Cl)c(OCc4ccccc4)c(Cl)c3)S2)cc1. The van der Waals surface area contributed by atoms with Crippen LogP contribution in [0.2, 0.25) is 10.0 Å². The summed E-state index contributed by atoms with van der Waals surface area (Å²) in [5.41, 5.74) is 2.42. The van der Waals surface area contributed by atoms with E-state index in [2.05, 4.69) is 10.3 Å². The fourth-order valence-corrected chi connectivity index (χ4v) is 4.52. The number of carbonyl (C=O) groups excluding carboxylic acids is 1. The molecule has 5 nitrogen and oxygen atoms in total. The van der Waals surface area contributed by atoms with Crippen LogP contribution < -0.4 is 14.8 Å². The first-order valence-corrected chi connectivity index (χ1v) is 11.8. The van der Waals surface area contributed by atoms with Gasteiger partial charge >= 0.3 is 0 Å². The first-order valence-electron chi connectivity index (χ1n) is 10.2. The lowest BCUT2D eigenvalue weighted by atomic mass is 10.2. The van der Waals surface area contributed by atoms with E-state index in [1.54, 1.807) is 18.2 Å². The second-order valence-corrected chi connectivity index (χ2v) is 8.84. The molecule has 4 rings (SSSR count). The van der Waals surface area contributed by atoms with E-state index in [9.17, 15) is 4.79 Å². The molecule has 0 unspecified atom stereocenters. The zero-order chi connectivity index (χ0) is 23.2. The van der Waals surface area contributed by atoms with Gasteiger partial charge in [-0.1, -0.05) is 53.5 Å². The molecule has 0 spiro atoms. The van der Waals surface area contributed by atoms with Gasteiger partial charge in [-0.25, -0.2) is 4.99 Å². The predicted molar refractivity (Wildman–Crippen MR) is 136 cm³/mol. The van der Waals surface area contributed by atoms with E-state index >= 15 is 0 Å². The van der Waals surface area contributed by atoms with Crippen molar-refractivity contribution in [3.63, 3.8) is 0 Å². The van der Waals surface area contributed by atoms with Crippen molar-refractivity contribution in [2.45, 2.75) is 13.5 Å². The fourth-order valence-electron chi connectivity index (χ4n) is 3.06. The van der Waals surface area contributed by atoms with Crippen LogP contribution in [-0.4, -0.2) is 17.7 Å². The highest BCUT2D eigenvalue weighted by molar-refractivity contribution is 8.18. The van der Waals surface area contributed by atoms with Crippen LogP contribution in [0, 0.1) is 0 Å². The van der Waals surface area contributed by atoms with Crippen LogP contribution in [0.15, 0.2) is 76.6 Å². The van der Waals surface area contributed by atoms with Gasteiger partial charge in [0, 0.05) is 0 Å². The number of aliphatic imine (C=N–C) groups is 1. The van der Waals surface area contributed by atoms with Crippen molar-refractivity contribution in [1.29, 1.82) is 0 Å². The molecule has 1 saturated heterocycles. The first kappa shape index (κ1) is 23.2. The third-order valence-electron chi connectivity index (χ3n) is 4.57. The van der Waals surface area contributed by atoms with Crippen molar-refractivity contribution in [3.05, 3.63) is 92.8 Å². The van der Waals surface area contributed by atoms with Crippen molar-refractivity contribution in [1.82, 2.24) is 5.32 Å². The van der Waals surface area contributed by atoms with Gasteiger partial charge in [0.1, 0.15) is 12.4 Å². The summed E-state index contributed by atoms with van der Waals surface area (Å²) in [4.78, 5) is 17.4. The molecule has 0 radical (unpaired) electrons. The van der Waals surface area contributed by atoms with Crippen molar-refractivity contribution in [2.24, 2.45) is 4.99 Å². The van der Waals surface area contributed by atoms with E-state index in [1.165, 1.54) is 11.8 Å². The number of rotatable bonds is 7. The molecule has 0 saturated carbocycles. The van der Waals surface area contributed by atoms with Crippen LogP contribution in [0.1, 0.15) is 18.1 Å². The topological polar surface area (TPSA) is 59.9 Å². The van der Waals surface area contributed by atoms with Gasteiger partial charge in [0.25, 0.3) is 5.91 Å². The molecule has 33 heavy (non-hydrogen) atoms. The van der Waals surface area contributed by atoms with Gasteiger partial charge in [-0.2, -0.15) is 0 Å². The summed E-state index contributed by atoms with van der Waals surface area (Å²) >= 11 is 14.1. The number of carbonyl (C=O) groups is 1. The van der Waals surface area contributed by atoms with Crippen molar-refractivity contribution >= 4 is 57.8 Å². The van der Waals surface area contributed by atoms with E-state index in [0.717, 1.165) is 11.3 Å². The second-order valence-electron chi connectivity index (χ2n) is 7.00. The van der Waals surface area contributed by atoms with Gasteiger partial charge in [0.05, 0.1) is 27.2 Å². The molecule has 1 aliphatic heterocycles. The summed E-state index contributed by atoms with van der Waals surface area (Å²) in [6, 6.07) is 20.5. The molecule has 3 aromatic rings. The molecule has 0 bridgehead atoms. The molecule has 1 fully saturated rings. The van der Waals surface area contributed by atoms with Crippen LogP contribution in [0.4, 0.5) is 5.69 Å². The summed E-state index contributed by atoms with van der Waals surface area (Å²) in [5.74, 6) is 0.946. The maximum absolute atomic E-state index is 12.4. The lowest BCUT2D eigenvalue weighted by Crippen LogP contribution is -2.19. The quantitative estimate of drug-likeness (QED) is 0.361. The van der Waals surface area contributed by atoms with E-state index < -0.39 is 0 Å². The molecule has 1 aliphatic rings. The summed E-state index contributed by atoms with van der Waals surface area (Å²) in [6.07, 6.45) is 1.72. The average Bonchev–Trinajstić information content (AvgIpc) is 3.14. The van der Waals surface area contributed by atoms with Gasteiger partial charge in [-0.15, -0.1) is 0 Å². The van der Waals surface area contributed by atoms with Gasteiger partial charge < -0.3 is 14.8 Å². The molecule has 0 aliphatic carbocycles. The third-order valence-corrected chi connectivity index (χ3v) is 6.04. The molecular formula is C25H20Cl2N2O3S. The van der Waals surface area contributed by atoms with Gasteiger partial charge in [-0.05, 0) is 72.3 Å². The lowest BCUT2D eigenvalue weighted by Gasteiger charge is -2.11. The van der Waals surface area contributed by atoms with E-state index in [1.807, 2.05) is 61.5 Å². The van der Waals surface area contributed by atoms with E-state index in [4.69, 9.17) is 32.7 Å². The summed E-state index contributed by atoms with van der Waals surface area (Å²) in [7, 11) is 0. The van der Waals surface area contributed by atoms with Crippen molar-refractivity contribution in [3.8, 4) is 11.5 Å². The zero-order valence-corrected chi connectivity index (χ0v) is 20.0. The standard InChI is InChI=1S/C25H20Cl2N2O3S/c1-2-31-19-10-8-18(9-11-19)28-25-29-24(30)22(33-25)14-17-12-20(26)23(21(27)13-17)32-15-16-6-4-3-5-7-16/h3-14H,2,15H2,1H3,(H,28,29,30)/b22-14+. The molecule has 0 atom stereocenters. The van der Waals surface area contributed by atoms with Crippen LogP contribution in [0.25, 0.3) is 6.08 Å². The minimum absolute atomic E-state index is 0.235. The van der Waals surface area contributed by atoms with Crippen molar-refractivity contribution in [2.75, 3.05) is 6.61 Å². The number of ether oxygens (including phenoxy) is 2. The Balaban J connectivity index is 1.47. The number of hydrogen-bond donors (Lipinski definition) is 1. The zero-order valence-electron chi connectivity index (χ0n) is 17.7. The van der Waals surface area contributed by atoms with Crippen LogP contribution in [0.5, 0.6) is 11.5 Å². The normalized spacial score (nSPS) is 15.7. The molecule has 8 heteroatoms. The number of hydrogen-bond acceptors (Lipinski definition) is 5. The largest absolute Gasteiger partial charge is 0.494 e. The smallest absolute Gasteiger partial charge is 0.264 e. The molecule has 1 N–H and O–H groups in total. The number of amides is 1. The highest BCUT2D eigenvalue weighted by Crippen LogP contribution is 2.37. The average molecular weight is 499 g/mol. The minimum atomic E-state index is -0.235. The van der Waals surface area contributed by atoms with Gasteiger partial charge in [0.15, 0.2) is 10.9 Å². The Morgan fingerprint density at radius 1 is 1.00 bits per heavy atom. The fraction of sp³-hybridized carbons (Fsp3) is 0.120. The molecule has 168 valence electrons. The Bertz CT molecular complexity index is 1190. The number of benzene rings is 3. The molecule has 3 aromatic carbocycles. The van der Waals surface area contributed by atoms with E-state index in [-0.39, 0.29) is 5.91 Å². The lowest BCUT2D eigenvalue weighted by molar-refractivity contribution is -0.115. The maximum Gasteiger partial charge on any atom is 0.264 e. The summed E-state index contributed by atoms with van der Waals surface area (Å²) < 4.78 is 11.2. The Morgan fingerprint density at radius 3 is 2.36 bits per heavy atom. The number of nitrogens with zero attached hydrogens (tertiary/aromatic N) is 1. The Hall–Kier alpha value is -2.93. The Morgan fingerprint density at radius 2 is 1.70 bits per heavy atom. The third kappa shape index (κ3) is 6.11. The number of halogens is 2. The van der Waals surface area contributed by atoms with Crippen LogP contribution >= 0.6 is 35.0 Å². The van der Waals surface area contributed by atoms with Gasteiger partial charge in [-0.3, -0.25) is 4.79 Å². The van der Waals surface area contributed by atoms with E-state index in [0.29, 0.717) is 50.3 Å². The maximum atomic E-state index is 12.4. The van der Waals surface area contributed by atoms with Crippen molar-refractivity contribution < 1.29 is 14.3 Å². The molecule has 1 amide bonds. The van der Waals surface area contributed by atoms with Gasteiger partial charge in [0.2, 0.25) is 0 Å². The first-order chi connectivity index (χ1) is 16.0. The highest BCUT2D eigenvalue weighted by atomic mass is 35.5. The summed E-state index contributed by atoms with van der Waals surface area (Å²) in [6.45, 7) is 2.88. The Kier molecular flexibility index (Phi) is 7.60. The predicted octanol–water partition coefficient (Wildman–Crippen LogP) is 6.86.